The summed E-state index contributed by atoms with van der Waals surface area (Å²) in [5, 5.41) is 6.87. The lowest BCUT2D eigenvalue weighted by atomic mass is 10.1. The van der Waals surface area contributed by atoms with Crippen molar-refractivity contribution < 1.29 is 23.9 Å². The van der Waals surface area contributed by atoms with E-state index in [9.17, 15) is 14.4 Å². The molecule has 0 aliphatic heterocycles. The Balaban J connectivity index is 2.22. The molecule has 0 bridgehead atoms. The SMILES string of the molecule is COC(=O)CCN(C)C(=O)N/C(=N\Nc1cccc(OC)c1)N(C=O)Cc1ccc(C)cc1. The van der Waals surface area contributed by atoms with Crippen LogP contribution in [0.5, 0.6) is 5.75 Å². The standard InChI is InChI=1S/C23H29N5O5/c1-17-8-10-18(11-9-17)15-28(16-29)22(24-23(31)27(2)13-12-21(30)33-4)26-25-19-6-5-7-20(14-19)32-3/h5-11,14,16,25H,12-13,15H2,1-4H3,(H,24,26,31). The summed E-state index contributed by atoms with van der Waals surface area (Å²) in [5.41, 5.74) is 5.38. The number of hydrogen-bond acceptors (Lipinski definition) is 7. The maximum absolute atomic E-state index is 12.7. The highest BCUT2D eigenvalue weighted by Gasteiger charge is 2.18. The summed E-state index contributed by atoms with van der Waals surface area (Å²) in [6.07, 6.45) is 0.621. The minimum Gasteiger partial charge on any atom is -0.497 e. The van der Waals surface area contributed by atoms with E-state index in [0.717, 1.165) is 11.1 Å². The van der Waals surface area contributed by atoms with Gasteiger partial charge in [-0.25, -0.2) is 4.79 Å². The molecule has 2 aromatic carbocycles. The molecule has 10 nitrogen and oxygen atoms in total. The smallest absolute Gasteiger partial charge is 0.323 e. The number of nitrogens with zero attached hydrogens (tertiary/aromatic N) is 3. The highest BCUT2D eigenvalue weighted by Crippen LogP contribution is 2.16. The lowest BCUT2D eigenvalue weighted by molar-refractivity contribution is -0.140. The van der Waals surface area contributed by atoms with Crippen LogP contribution >= 0.6 is 0 Å². The Morgan fingerprint density at radius 3 is 2.48 bits per heavy atom. The van der Waals surface area contributed by atoms with Crippen molar-refractivity contribution in [3.05, 3.63) is 59.7 Å². The van der Waals surface area contributed by atoms with Crippen molar-refractivity contribution in [3.63, 3.8) is 0 Å². The Hall–Kier alpha value is -4.08. The molecule has 0 fully saturated rings. The average Bonchev–Trinajstić information content (AvgIpc) is 2.84. The van der Waals surface area contributed by atoms with Crippen LogP contribution in [0.2, 0.25) is 0 Å². The number of carbonyl (C=O) groups excluding carboxylic acids is 3. The van der Waals surface area contributed by atoms with E-state index in [2.05, 4.69) is 20.6 Å². The van der Waals surface area contributed by atoms with E-state index in [0.29, 0.717) is 17.8 Å². The Morgan fingerprint density at radius 1 is 1.12 bits per heavy atom. The van der Waals surface area contributed by atoms with Crippen LogP contribution in [0.4, 0.5) is 10.5 Å². The Labute approximate surface area is 193 Å². The highest BCUT2D eigenvalue weighted by atomic mass is 16.5. The van der Waals surface area contributed by atoms with Gasteiger partial charge in [0.2, 0.25) is 12.4 Å². The van der Waals surface area contributed by atoms with E-state index < -0.39 is 12.0 Å². The van der Waals surface area contributed by atoms with Crippen LogP contribution in [0.3, 0.4) is 0 Å². The van der Waals surface area contributed by atoms with Gasteiger partial charge in [0.25, 0.3) is 0 Å². The van der Waals surface area contributed by atoms with Gasteiger partial charge in [0.05, 0.1) is 32.9 Å². The number of nitrogens with one attached hydrogen (secondary N) is 2. The van der Waals surface area contributed by atoms with Crippen LogP contribution in [-0.2, 0) is 20.9 Å². The molecule has 176 valence electrons. The third-order valence-corrected chi connectivity index (χ3v) is 4.68. The quantitative estimate of drug-likeness (QED) is 0.198. The van der Waals surface area contributed by atoms with Crippen molar-refractivity contribution in [2.45, 2.75) is 19.9 Å². The van der Waals surface area contributed by atoms with Gasteiger partial charge in [-0.2, -0.15) is 0 Å². The van der Waals surface area contributed by atoms with Gasteiger partial charge in [-0.1, -0.05) is 35.9 Å². The second kappa shape index (κ2) is 12.7. The number of guanidine groups is 1. The first-order valence-corrected chi connectivity index (χ1v) is 10.2. The number of amides is 3. The number of ether oxygens (including phenoxy) is 2. The van der Waals surface area contributed by atoms with Crippen molar-refractivity contribution in [2.75, 3.05) is 33.2 Å². The normalized spacial score (nSPS) is 10.7. The van der Waals surface area contributed by atoms with Crippen molar-refractivity contribution >= 4 is 30.1 Å². The molecular weight excluding hydrogens is 426 g/mol. The number of esters is 1. The number of urea groups is 1. The van der Waals surface area contributed by atoms with Gasteiger partial charge in [-0.3, -0.25) is 25.2 Å². The fraction of sp³-hybridized carbons (Fsp3) is 0.304. The summed E-state index contributed by atoms with van der Waals surface area (Å²) in [4.78, 5) is 38.5. The molecule has 0 saturated heterocycles. The van der Waals surface area contributed by atoms with Crippen LogP contribution in [-0.4, -0.2) is 62.0 Å². The van der Waals surface area contributed by atoms with Gasteiger partial charge in [0, 0.05) is 19.7 Å². The number of carbonyl (C=O) groups is 3. The van der Waals surface area contributed by atoms with Gasteiger partial charge in [-0.05, 0) is 24.6 Å². The molecule has 3 amide bonds. The maximum Gasteiger partial charge on any atom is 0.323 e. The van der Waals surface area contributed by atoms with Crippen LogP contribution in [0.25, 0.3) is 0 Å². The molecule has 2 rings (SSSR count). The van der Waals surface area contributed by atoms with Gasteiger partial charge in [0.1, 0.15) is 5.75 Å². The summed E-state index contributed by atoms with van der Waals surface area (Å²) < 4.78 is 9.80. The Kier molecular flexibility index (Phi) is 9.69. The number of hydrogen-bond donors (Lipinski definition) is 2. The number of anilines is 1. The highest BCUT2D eigenvalue weighted by molar-refractivity contribution is 6.00. The first kappa shape index (κ1) is 25.2. The van der Waals surface area contributed by atoms with Gasteiger partial charge >= 0.3 is 12.0 Å². The zero-order chi connectivity index (χ0) is 24.2. The molecule has 0 saturated carbocycles. The molecule has 33 heavy (non-hydrogen) atoms. The fourth-order valence-electron chi connectivity index (χ4n) is 2.68. The lowest BCUT2D eigenvalue weighted by Crippen LogP contribution is -2.48. The predicted molar refractivity (Wildman–Crippen MR) is 125 cm³/mol. The molecule has 0 aliphatic carbocycles. The average molecular weight is 456 g/mol. The van der Waals surface area contributed by atoms with Crippen molar-refractivity contribution in [1.29, 1.82) is 0 Å². The second-order valence-electron chi connectivity index (χ2n) is 7.18. The summed E-state index contributed by atoms with van der Waals surface area (Å²) in [7, 11) is 4.36. The van der Waals surface area contributed by atoms with E-state index in [4.69, 9.17) is 4.74 Å². The third kappa shape index (κ3) is 8.17. The molecule has 0 spiro atoms. The van der Waals surface area contributed by atoms with Crippen LogP contribution in [0.1, 0.15) is 17.5 Å². The van der Waals surface area contributed by atoms with Crippen LogP contribution in [0.15, 0.2) is 53.6 Å². The van der Waals surface area contributed by atoms with E-state index in [1.54, 1.807) is 31.4 Å². The third-order valence-electron chi connectivity index (χ3n) is 4.68. The molecule has 0 atom stereocenters. The molecule has 10 heteroatoms. The van der Waals surface area contributed by atoms with E-state index >= 15 is 0 Å². The zero-order valence-electron chi connectivity index (χ0n) is 19.2. The minimum atomic E-state index is -0.541. The number of benzene rings is 2. The molecule has 0 unspecified atom stereocenters. The van der Waals surface area contributed by atoms with E-state index in [-0.39, 0.29) is 25.5 Å². The molecule has 2 N–H and O–H groups in total. The number of aryl methyl sites for hydroxylation is 1. The van der Waals surface area contributed by atoms with Gasteiger partial charge < -0.3 is 14.4 Å². The van der Waals surface area contributed by atoms with Crippen molar-refractivity contribution in [2.24, 2.45) is 5.10 Å². The summed E-state index contributed by atoms with van der Waals surface area (Å²) in [6.45, 7) is 2.29. The predicted octanol–water partition coefficient (Wildman–Crippen LogP) is 2.55. The Morgan fingerprint density at radius 2 is 1.85 bits per heavy atom. The lowest BCUT2D eigenvalue weighted by Gasteiger charge is -2.23. The summed E-state index contributed by atoms with van der Waals surface area (Å²) >= 11 is 0. The molecule has 0 radical (unpaired) electrons. The molecule has 0 aliphatic rings. The monoisotopic (exact) mass is 455 g/mol. The zero-order valence-corrected chi connectivity index (χ0v) is 19.2. The van der Waals surface area contributed by atoms with Crippen LogP contribution in [0, 0.1) is 6.92 Å². The van der Waals surface area contributed by atoms with E-state index in [1.807, 2.05) is 31.2 Å². The molecular formula is C23H29N5O5. The largest absolute Gasteiger partial charge is 0.497 e. The molecule has 0 aromatic heterocycles. The molecule has 2 aromatic rings. The van der Waals surface area contributed by atoms with Crippen molar-refractivity contribution in [3.8, 4) is 5.75 Å². The maximum atomic E-state index is 12.7. The van der Waals surface area contributed by atoms with Gasteiger partial charge in [-0.15, -0.1) is 5.10 Å². The number of methoxy groups -OCH3 is 2. The van der Waals surface area contributed by atoms with Crippen molar-refractivity contribution in [1.82, 2.24) is 15.1 Å². The van der Waals surface area contributed by atoms with Crippen LogP contribution < -0.4 is 15.5 Å². The summed E-state index contributed by atoms with van der Waals surface area (Å²) in [5.74, 6) is 0.177. The number of rotatable bonds is 9. The first-order chi connectivity index (χ1) is 15.9. The molecule has 0 heterocycles. The second-order valence-corrected chi connectivity index (χ2v) is 7.18. The Bertz CT molecular complexity index is 977. The topological polar surface area (TPSA) is 113 Å². The fourth-order valence-corrected chi connectivity index (χ4v) is 2.68. The van der Waals surface area contributed by atoms with E-state index in [1.165, 1.54) is 24.0 Å². The van der Waals surface area contributed by atoms with Gasteiger partial charge in [0.15, 0.2) is 0 Å². The minimum absolute atomic E-state index is 0.0108. The summed E-state index contributed by atoms with van der Waals surface area (Å²) in [6, 6.07) is 14.1. The number of hydrazone groups is 1. The first-order valence-electron chi connectivity index (χ1n) is 10.2.